The monoisotopic (exact) mass is 339 g/mol. The van der Waals surface area contributed by atoms with Crippen LogP contribution in [0.25, 0.3) is 10.9 Å². The highest BCUT2D eigenvalue weighted by Crippen LogP contribution is 2.23. The van der Waals surface area contributed by atoms with E-state index in [0.717, 1.165) is 0 Å². The number of anilines is 2. The van der Waals surface area contributed by atoms with Crippen LogP contribution in [0, 0.1) is 10.1 Å². The molecule has 0 aliphatic rings. The van der Waals surface area contributed by atoms with E-state index in [1.54, 1.807) is 24.3 Å². The van der Waals surface area contributed by atoms with Crippen LogP contribution in [0.4, 0.5) is 17.1 Å². The molecule has 3 N–H and O–H groups in total. The zero-order valence-electron chi connectivity index (χ0n) is 13.1. The third-order valence-electron chi connectivity index (χ3n) is 3.41. The second kappa shape index (κ2) is 6.40. The minimum Gasteiger partial charge on any atom is -0.326 e. The number of nitrogens with one attached hydrogen (secondary N) is 3. The molecule has 0 aliphatic heterocycles. The summed E-state index contributed by atoms with van der Waals surface area (Å²) in [4.78, 5) is 33.9. The highest BCUT2D eigenvalue weighted by atomic mass is 16.6. The van der Waals surface area contributed by atoms with Crippen LogP contribution in [0.15, 0.2) is 42.5 Å². The van der Waals surface area contributed by atoms with Gasteiger partial charge in [-0.3, -0.25) is 24.8 Å². The molecule has 126 valence electrons. The van der Waals surface area contributed by atoms with Crippen LogP contribution >= 0.6 is 0 Å². The molecule has 25 heavy (non-hydrogen) atoms. The van der Waals surface area contributed by atoms with E-state index < -0.39 is 10.8 Å². The lowest BCUT2D eigenvalue weighted by Crippen LogP contribution is -2.13. The maximum Gasteiger partial charge on any atom is 0.276 e. The molecule has 0 unspecified atom stereocenters. The second-order valence-corrected chi connectivity index (χ2v) is 5.28. The number of hydrogen-bond acceptors (Lipinski definition) is 5. The van der Waals surface area contributed by atoms with Crippen molar-refractivity contribution in [3.8, 4) is 0 Å². The largest absolute Gasteiger partial charge is 0.326 e. The second-order valence-electron chi connectivity index (χ2n) is 5.28. The maximum absolute atomic E-state index is 12.5. The number of benzene rings is 2. The molecule has 0 bridgehead atoms. The van der Waals surface area contributed by atoms with Gasteiger partial charge in [0.1, 0.15) is 0 Å². The van der Waals surface area contributed by atoms with Crippen molar-refractivity contribution >= 4 is 39.8 Å². The number of H-pyrrole nitrogens is 1. The van der Waals surface area contributed by atoms with Gasteiger partial charge >= 0.3 is 0 Å². The van der Waals surface area contributed by atoms with Gasteiger partial charge in [0, 0.05) is 35.8 Å². The Balaban J connectivity index is 1.89. The molecule has 3 rings (SSSR count). The van der Waals surface area contributed by atoms with E-state index >= 15 is 0 Å². The highest BCUT2D eigenvalue weighted by molar-refractivity contribution is 6.11. The van der Waals surface area contributed by atoms with Crippen LogP contribution in [0.3, 0.4) is 0 Å². The number of non-ortho nitro benzene ring substituents is 1. The molecule has 3 aromatic rings. The zero-order chi connectivity index (χ0) is 18.0. The van der Waals surface area contributed by atoms with Gasteiger partial charge in [0.15, 0.2) is 5.69 Å². The van der Waals surface area contributed by atoms with Gasteiger partial charge in [-0.25, -0.2) is 0 Å². The van der Waals surface area contributed by atoms with Crippen molar-refractivity contribution < 1.29 is 14.5 Å². The number of amides is 2. The van der Waals surface area contributed by atoms with Crippen molar-refractivity contribution in [3.05, 3.63) is 58.3 Å². The summed E-state index contributed by atoms with van der Waals surface area (Å²) in [6.07, 6.45) is 0. The Bertz CT molecular complexity index is 995. The molecular weight excluding hydrogens is 326 g/mol. The molecule has 9 nitrogen and oxygen atoms in total. The molecule has 0 radical (unpaired) electrons. The molecule has 0 aliphatic carbocycles. The number of aromatic nitrogens is 2. The number of rotatable bonds is 4. The topological polar surface area (TPSA) is 130 Å². The predicted molar refractivity (Wildman–Crippen MR) is 91.4 cm³/mol. The Morgan fingerprint density at radius 3 is 2.52 bits per heavy atom. The zero-order valence-corrected chi connectivity index (χ0v) is 13.1. The number of aromatic amines is 1. The summed E-state index contributed by atoms with van der Waals surface area (Å²) in [6, 6.07) is 10.7. The Morgan fingerprint density at radius 2 is 1.84 bits per heavy atom. The smallest absolute Gasteiger partial charge is 0.276 e. The van der Waals surface area contributed by atoms with E-state index in [1.165, 1.54) is 25.1 Å². The third kappa shape index (κ3) is 3.44. The van der Waals surface area contributed by atoms with E-state index in [2.05, 4.69) is 20.8 Å². The summed E-state index contributed by atoms with van der Waals surface area (Å²) in [5.41, 5.74) is 1.42. The standard InChI is InChI=1S/C16H13N5O4/c1-9(22)17-10-3-2-4-11(7-10)18-16(23)15-13-8-12(21(24)25)5-6-14(13)19-20-15/h2-8H,1H3,(H,17,22)(H,18,23)(H,19,20). The van der Waals surface area contributed by atoms with Gasteiger partial charge in [0.05, 0.1) is 10.4 Å². The lowest BCUT2D eigenvalue weighted by Gasteiger charge is -2.07. The van der Waals surface area contributed by atoms with Crippen molar-refractivity contribution in [2.75, 3.05) is 10.6 Å². The molecule has 1 aromatic heterocycles. The van der Waals surface area contributed by atoms with E-state index in [4.69, 9.17) is 0 Å². The van der Waals surface area contributed by atoms with Gasteiger partial charge in [-0.1, -0.05) is 6.07 Å². The number of nitro benzene ring substituents is 1. The molecule has 9 heteroatoms. The number of hydrogen-bond donors (Lipinski definition) is 3. The number of fused-ring (bicyclic) bond motifs is 1. The molecule has 0 saturated heterocycles. The van der Waals surface area contributed by atoms with Crippen molar-refractivity contribution in [3.63, 3.8) is 0 Å². The molecular formula is C16H13N5O4. The van der Waals surface area contributed by atoms with Crippen molar-refractivity contribution in [2.45, 2.75) is 6.92 Å². The Kier molecular flexibility index (Phi) is 4.12. The van der Waals surface area contributed by atoms with E-state index in [9.17, 15) is 19.7 Å². The molecule has 2 amide bonds. The molecule has 0 spiro atoms. The first-order valence-electron chi connectivity index (χ1n) is 7.25. The molecule has 0 saturated carbocycles. The minimum atomic E-state index is -0.537. The maximum atomic E-state index is 12.5. The quantitative estimate of drug-likeness (QED) is 0.497. The third-order valence-corrected chi connectivity index (χ3v) is 3.41. The summed E-state index contributed by atoms with van der Waals surface area (Å²) in [6.45, 7) is 1.38. The van der Waals surface area contributed by atoms with Crippen LogP contribution < -0.4 is 10.6 Å². The number of carbonyl (C=O) groups is 2. The summed E-state index contributed by atoms with van der Waals surface area (Å²) in [5.74, 6) is -0.749. The Hall–Kier alpha value is -3.75. The van der Waals surface area contributed by atoms with Crippen molar-refractivity contribution in [2.24, 2.45) is 0 Å². The highest BCUT2D eigenvalue weighted by Gasteiger charge is 2.17. The SMILES string of the molecule is CC(=O)Nc1cccc(NC(=O)c2n[nH]c3ccc([N+](=O)[O-])cc23)c1. The van der Waals surface area contributed by atoms with Gasteiger partial charge in [0.2, 0.25) is 5.91 Å². The number of carbonyl (C=O) groups excluding carboxylic acids is 2. The van der Waals surface area contributed by atoms with Crippen LogP contribution in [0.1, 0.15) is 17.4 Å². The van der Waals surface area contributed by atoms with Gasteiger partial charge in [-0.15, -0.1) is 0 Å². The molecule has 0 fully saturated rings. The lowest BCUT2D eigenvalue weighted by molar-refractivity contribution is -0.384. The van der Waals surface area contributed by atoms with E-state index in [-0.39, 0.29) is 17.3 Å². The van der Waals surface area contributed by atoms with Gasteiger partial charge < -0.3 is 10.6 Å². The minimum absolute atomic E-state index is 0.0450. The van der Waals surface area contributed by atoms with Crippen LogP contribution in [0.2, 0.25) is 0 Å². The first kappa shape index (κ1) is 16.1. The average molecular weight is 339 g/mol. The first-order valence-corrected chi connectivity index (χ1v) is 7.25. The number of nitro groups is 1. The lowest BCUT2D eigenvalue weighted by atomic mass is 10.2. The average Bonchev–Trinajstić information content (AvgIpc) is 2.97. The normalized spacial score (nSPS) is 10.4. The van der Waals surface area contributed by atoms with Crippen molar-refractivity contribution in [1.29, 1.82) is 0 Å². The fraction of sp³-hybridized carbons (Fsp3) is 0.0625. The molecule has 0 atom stereocenters. The fourth-order valence-corrected chi connectivity index (χ4v) is 2.36. The summed E-state index contributed by atoms with van der Waals surface area (Å²) in [5, 5.41) is 23.1. The van der Waals surface area contributed by atoms with Gasteiger partial charge in [0.25, 0.3) is 11.6 Å². The van der Waals surface area contributed by atoms with Crippen LogP contribution in [-0.4, -0.2) is 26.9 Å². The van der Waals surface area contributed by atoms with Gasteiger partial charge in [-0.2, -0.15) is 5.10 Å². The van der Waals surface area contributed by atoms with E-state index in [1.807, 2.05) is 0 Å². The first-order chi connectivity index (χ1) is 11.9. The van der Waals surface area contributed by atoms with E-state index in [0.29, 0.717) is 22.3 Å². The Labute approximate surface area is 141 Å². The summed E-state index contributed by atoms with van der Waals surface area (Å²) >= 11 is 0. The fourth-order valence-electron chi connectivity index (χ4n) is 2.36. The molecule has 1 heterocycles. The number of nitrogens with zero attached hydrogens (tertiary/aromatic N) is 2. The summed E-state index contributed by atoms with van der Waals surface area (Å²) < 4.78 is 0. The van der Waals surface area contributed by atoms with Gasteiger partial charge in [-0.05, 0) is 24.3 Å². The van der Waals surface area contributed by atoms with Crippen LogP contribution in [0.5, 0.6) is 0 Å². The molecule has 2 aromatic carbocycles. The predicted octanol–water partition coefficient (Wildman–Crippen LogP) is 2.68. The van der Waals surface area contributed by atoms with Crippen LogP contribution in [-0.2, 0) is 4.79 Å². The van der Waals surface area contributed by atoms with Crippen molar-refractivity contribution in [1.82, 2.24) is 10.2 Å². The Morgan fingerprint density at radius 1 is 1.12 bits per heavy atom. The summed E-state index contributed by atoms with van der Waals surface area (Å²) in [7, 11) is 0.